The summed E-state index contributed by atoms with van der Waals surface area (Å²) in [6, 6.07) is 8.25. The van der Waals surface area contributed by atoms with Gasteiger partial charge in [-0.05, 0) is 37.6 Å². The van der Waals surface area contributed by atoms with Gasteiger partial charge in [0.25, 0.3) is 0 Å². The SMILES string of the molecule is CC(C)(N)c1cc2ccccn2c1. The molecule has 0 fully saturated rings. The Morgan fingerprint density at radius 3 is 2.69 bits per heavy atom. The Balaban J connectivity index is 2.63. The topological polar surface area (TPSA) is 30.4 Å². The van der Waals surface area contributed by atoms with Crippen molar-refractivity contribution in [1.29, 1.82) is 0 Å². The van der Waals surface area contributed by atoms with Crippen LogP contribution in [0.2, 0.25) is 0 Å². The van der Waals surface area contributed by atoms with Gasteiger partial charge in [0, 0.05) is 23.4 Å². The lowest BCUT2D eigenvalue weighted by molar-refractivity contribution is 0.555. The Labute approximate surface area is 78.0 Å². The quantitative estimate of drug-likeness (QED) is 0.705. The molecule has 0 aliphatic rings. The van der Waals surface area contributed by atoms with Crippen molar-refractivity contribution in [1.82, 2.24) is 4.40 Å². The summed E-state index contributed by atoms with van der Waals surface area (Å²) in [6.07, 6.45) is 4.11. The van der Waals surface area contributed by atoms with Crippen molar-refractivity contribution >= 4 is 5.52 Å². The van der Waals surface area contributed by atoms with Crippen LogP contribution < -0.4 is 5.73 Å². The molecule has 2 nitrogen and oxygen atoms in total. The fraction of sp³-hybridized carbons (Fsp3) is 0.273. The minimum atomic E-state index is -0.258. The van der Waals surface area contributed by atoms with Crippen LogP contribution in [0.5, 0.6) is 0 Å². The second-order valence-electron chi connectivity index (χ2n) is 3.98. The van der Waals surface area contributed by atoms with Gasteiger partial charge >= 0.3 is 0 Å². The Morgan fingerprint density at radius 2 is 2.08 bits per heavy atom. The van der Waals surface area contributed by atoms with Crippen molar-refractivity contribution < 1.29 is 0 Å². The van der Waals surface area contributed by atoms with Gasteiger partial charge in [0.05, 0.1) is 0 Å². The first kappa shape index (κ1) is 8.32. The summed E-state index contributed by atoms with van der Waals surface area (Å²) in [5.41, 5.74) is 8.11. The maximum Gasteiger partial charge on any atom is 0.0453 e. The van der Waals surface area contributed by atoms with Crippen molar-refractivity contribution in [2.75, 3.05) is 0 Å². The molecule has 2 heteroatoms. The summed E-state index contributed by atoms with van der Waals surface area (Å²) >= 11 is 0. The second-order valence-corrected chi connectivity index (χ2v) is 3.98. The van der Waals surface area contributed by atoms with Gasteiger partial charge in [0.2, 0.25) is 0 Å². The van der Waals surface area contributed by atoms with Crippen LogP contribution in [-0.2, 0) is 5.54 Å². The summed E-state index contributed by atoms with van der Waals surface area (Å²) in [6.45, 7) is 4.03. The first-order valence-electron chi connectivity index (χ1n) is 4.43. The average Bonchev–Trinajstić information content (AvgIpc) is 2.45. The monoisotopic (exact) mass is 174 g/mol. The average molecular weight is 174 g/mol. The van der Waals surface area contributed by atoms with Crippen LogP contribution in [0, 0.1) is 0 Å². The predicted octanol–water partition coefficient (Wildman–Crippen LogP) is 2.13. The highest BCUT2D eigenvalue weighted by Crippen LogP contribution is 2.19. The number of nitrogens with two attached hydrogens (primary N) is 1. The normalized spacial score (nSPS) is 12.2. The van der Waals surface area contributed by atoms with E-state index < -0.39 is 0 Å². The zero-order valence-electron chi connectivity index (χ0n) is 7.99. The largest absolute Gasteiger partial charge is 0.324 e. The molecule has 2 rings (SSSR count). The Kier molecular flexibility index (Phi) is 1.67. The molecule has 0 radical (unpaired) electrons. The minimum Gasteiger partial charge on any atom is -0.324 e. The molecule has 0 saturated carbocycles. The van der Waals surface area contributed by atoms with E-state index in [-0.39, 0.29) is 5.54 Å². The highest BCUT2D eigenvalue weighted by molar-refractivity contribution is 5.51. The van der Waals surface area contributed by atoms with Crippen molar-refractivity contribution in [3.63, 3.8) is 0 Å². The van der Waals surface area contributed by atoms with Gasteiger partial charge in [-0.25, -0.2) is 0 Å². The Bertz CT molecular complexity index is 388. The first-order chi connectivity index (χ1) is 6.07. The van der Waals surface area contributed by atoms with Gasteiger partial charge in [0.15, 0.2) is 0 Å². The zero-order valence-corrected chi connectivity index (χ0v) is 7.99. The molecule has 0 aromatic carbocycles. The molecule has 13 heavy (non-hydrogen) atoms. The zero-order chi connectivity index (χ0) is 9.47. The van der Waals surface area contributed by atoms with E-state index in [4.69, 9.17) is 5.73 Å². The fourth-order valence-electron chi connectivity index (χ4n) is 1.41. The second kappa shape index (κ2) is 2.60. The van der Waals surface area contributed by atoms with Gasteiger partial charge in [-0.2, -0.15) is 0 Å². The highest BCUT2D eigenvalue weighted by Gasteiger charge is 2.15. The maximum absolute atomic E-state index is 6.01. The van der Waals surface area contributed by atoms with Gasteiger partial charge in [-0.3, -0.25) is 0 Å². The third kappa shape index (κ3) is 1.45. The van der Waals surface area contributed by atoms with Crippen molar-refractivity contribution in [2.45, 2.75) is 19.4 Å². The van der Waals surface area contributed by atoms with E-state index in [1.54, 1.807) is 0 Å². The number of aromatic nitrogens is 1. The molecule has 0 unspecified atom stereocenters. The molecule has 0 amide bonds. The number of rotatable bonds is 1. The number of pyridine rings is 1. The summed E-state index contributed by atoms with van der Waals surface area (Å²) in [4.78, 5) is 0. The van der Waals surface area contributed by atoms with Crippen LogP contribution in [0.25, 0.3) is 5.52 Å². The van der Waals surface area contributed by atoms with E-state index in [2.05, 4.69) is 22.7 Å². The van der Waals surface area contributed by atoms with Crippen LogP contribution in [0.4, 0.5) is 0 Å². The summed E-state index contributed by atoms with van der Waals surface area (Å²) < 4.78 is 2.09. The van der Waals surface area contributed by atoms with Crippen molar-refractivity contribution in [2.24, 2.45) is 5.73 Å². The number of fused-ring (bicyclic) bond motifs is 1. The minimum absolute atomic E-state index is 0.258. The molecule has 0 spiro atoms. The van der Waals surface area contributed by atoms with E-state index in [1.165, 1.54) is 11.1 Å². The molecule has 0 aliphatic carbocycles. The molecule has 2 aromatic heterocycles. The predicted molar refractivity (Wildman–Crippen MR) is 54.6 cm³/mol. The molecule has 2 N–H and O–H groups in total. The summed E-state index contributed by atoms with van der Waals surface area (Å²) in [5, 5.41) is 0. The molecular weight excluding hydrogens is 160 g/mol. The van der Waals surface area contributed by atoms with Crippen molar-refractivity contribution in [3.05, 3.63) is 42.2 Å². The van der Waals surface area contributed by atoms with Crippen LogP contribution >= 0.6 is 0 Å². The van der Waals surface area contributed by atoms with Crippen molar-refractivity contribution in [3.8, 4) is 0 Å². The molecule has 2 heterocycles. The van der Waals surface area contributed by atoms with Gasteiger partial charge < -0.3 is 10.1 Å². The third-order valence-electron chi connectivity index (χ3n) is 2.25. The van der Waals surface area contributed by atoms with Crippen LogP contribution in [0.1, 0.15) is 19.4 Å². The lowest BCUT2D eigenvalue weighted by atomic mass is 9.99. The molecule has 0 bridgehead atoms. The number of nitrogens with zero attached hydrogens (tertiary/aromatic N) is 1. The maximum atomic E-state index is 6.01. The van der Waals surface area contributed by atoms with Gasteiger partial charge in [-0.15, -0.1) is 0 Å². The fourth-order valence-corrected chi connectivity index (χ4v) is 1.41. The molecular formula is C11H14N2. The summed E-state index contributed by atoms with van der Waals surface area (Å²) in [5.74, 6) is 0. The van der Waals surface area contributed by atoms with Gasteiger partial charge in [-0.1, -0.05) is 6.07 Å². The van der Waals surface area contributed by atoms with E-state index in [0.29, 0.717) is 0 Å². The standard InChI is InChI=1S/C11H14N2/c1-11(2,12)9-7-10-5-3-4-6-13(10)8-9/h3-8H,12H2,1-2H3. The summed E-state index contributed by atoms with van der Waals surface area (Å²) in [7, 11) is 0. The number of hydrogen-bond donors (Lipinski definition) is 1. The lowest BCUT2D eigenvalue weighted by Gasteiger charge is -2.15. The van der Waals surface area contributed by atoms with Crippen LogP contribution in [0.3, 0.4) is 0 Å². The lowest BCUT2D eigenvalue weighted by Crippen LogP contribution is -2.27. The molecule has 0 aliphatic heterocycles. The highest BCUT2D eigenvalue weighted by atomic mass is 14.9. The Morgan fingerprint density at radius 1 is 1.31 bits per heavy atom. The van der Waals surface area contributed by atoms with E-state index in [0.717, 1.165) is 0 Å². The van der Waals surface area contributed by atoms with Crippen LogP contribution in [-0.4, -0.2) is 4.40 Å². The molecule has 68 valence electrons. The van der Waals surface area contributed by atoms with Gasteiger partial charge in [0.1, 0.15) is 0 Å². The molecule has 2 aromatic rings. The molecule has 0 atom stereocenters. The van der Waals surface area contributed by atoms with E-state index in [1.807, 2.05) is 32.2 Å². The third-order valence-corrected chi connectivity index (χ3v) is 2.25. The Hall–Kier alpha value is -1.28. The molecule has 0 saturated heterocycles. The van der Waals surface area contributed by atoms with E-state index >= 15 is 0 Å². The smallest absolute Gasteiger partial charge is 0.0453 e. The van der Waals surface area contributed by atoms with E-state index in [9.17, 15) is 0 Å². The first-order valence-corrected chi connectivity index (χ1v) is 4.43. The number of hydrogen-bond acceptors (Lipinski definition) is 1. The van der Waals surface area contributed by atoms with Crippen LogP contribution in [0.15, 0.2) is 36.7 Å².